The Hall–Kier alpha value is -5.76. The second kappa shape index (κ2) is 28.6. The third kappa shape index (κ3) is 19.4. The number of hydrogen-bond acceptors (Lipinski definition) is 18. The van der Waals surface area contributed by atoms with Crippen LogP contribution in [0.1, 0.15) is 173 Å². The molecule has 18 nitrogen and oxygen atoms in total. The molecule has 3 aromatic rings. The molecular formula is C66H95N3O15. The number of hydrogen-bond donors (Lipinski definition) is 0. The van der Waals surface area contributed by atoms with Crippen molar-refractivity contribution in [3.05, 3.63) is 108 Å². The average molecular weight is 1170 g/mol. The Morgan fingerprint density at radius 2 is 0.595 bits per heavy atom. The van der Waals surface area contributed by atoms with Gasteiger partial charge < -0.3 is 42.6 Å². The minimum atomic E-state index is -0.769. The third-order valence-corrected chi connectivity index (χ3v) is 16.5. The van der Waals surface area contributed by atoms with E-state index < -0.39 is 75.6 Å². The van der Waals surface area contributed by atoms with Crippen LogP contribution in [0.15, 0.2) is 91.0 Å². The maximum atomic E-state index is 13.2. The summed E-state index contributed by atoms with van der Waals surface area (Å²) in [6.45, 7) is 29.9. The lowest BCUT2D eigenvalue weighted by Gasteiger charge is -2.55. The molecule has 3 unspecified atom stereocenters. The van der Waals surface area contributed by atoms with Gasteiger partial charge in [0, 0.05) is 112 Å². The predicted molar refractivity (Wildman–Crippen MR) is 317 cm³/mol. The molecule has 0 amide bonds. The molecule has 0 radical (unpaired) electrons. The van der Waals surface area contributed by atoms with E-state index in [1.807, 2.05) is 18.2 Å². The summed E-state index contributed by atoms with van der Waals surface area (Å²) in [6.07, 6.45) is -0.812. The van der Waals surface area contributed by atoms with E-state index in [1.165, 1.54) is 20.8 Å². The van der Waals surface area contributed by atoms with Crippen molar-refractivity contribution in [2.75, 3.05) is 52.7 Å². The Morgan fingerprint density at radius 3 is 0.833 bits per heavy atom. The highest BCUT2D eigenvalue weighted by atomic mass is 16.6. The van der Waals surface area contributed by atoms with Gasteiger partial charge in [-0.05, 0) is 119 Å². The summed E-state index contributed by atoms with van der Waals surface area (Å²) in [6, 6.07) is 26.8. The van der Waals surface area contributed by atoms with Crippen molar-refractivity contribution in [3.8, 4) is 0 Å². The van der Waals surface area contributed by atoms with E-state index >= 15 is 0 Å². The lowest BCUT2D eigenvalue weighted by molar-refractivity contribution is -0.169. The second-order valence-corrected chi connectivity index (χ2v) is 26.8. The van der Waals surface area contributed by atoms with Crippen LogP contribution in [0.3, 0.4) is 0 Å². The monoisotopic (exact) mass is 1170 g/mol. The number of carbonyl (C=O) groups is 6. The van der Waals surface area contributed by atoms with Gasteiger partial charge in [-0.2, -0.15) is 0 Å². The molecule has 6 rings (SSSR count). The first-order valence-corrected chi connectivity index (χ1v) is 29.7. The summed E-state index contributed by atoms with van der Waals surface area (Å²) >= 11 is 0. The lowest BCUT2D eigenvalue weighted by atomic mass is 9.77. The van der Waals surface area contributed by atoms with Crippen LogP contribution in [0, 0.1) is 0 Å². The first-order chi connectivity index (χ1) is 39.2. The van der Waals surface area contributed by atoms with E-state index in [-0.39, 0.29) is 75.8 Å². The number of rotatable bonds is 26. The van der Waals surface area contributed by atoms with E-state index in [1.54, 1.807) is 72.8 Å². The highest BCUT2D eigenvalue weighted by Gasteiger charge is 2.50. The Morgan fingerprint density at radius 1 is 0.369 bits per heavy atom. The fraction of sp³-hybridized carbons (Fsp3) is 0.636. The molecule has 3 aliphatic heterocycles. The Kier molecular flexibility index (Phi) is 23.0. The van der Waals surface area contributed by atoms with Crippen molar-refractivity contribution in [3.63, 3.8) is 0 Å². The van der Waals surface area contributed by atoms with E-state index in [0.29, 0.717) is 68.3 Å². The van der Waals surface area contributed by atoms with Crippen molar-refractivity contribution in [1.29, 1.82) is 0 Å². The summed E-state index contributed by atoms with van der Waals surface area (Å²) in [5, 5.41) is 0. The zero-order valence-electron chi connectivity index (χ0n) is 52.6. The quantitative estimate of drug-likeness (QED) is 0.0543. The topological polar surface area (TPSA) is 195 Å². The molecule has 3 aliphatic rings. The molecule has 464 valence electrons. The van der Waals surface area contributed by atoms with E-state index in [2.05, 4.69) is 97.8 Å². The molecular weight excluding hydrogens is 1070 g/mol. The predicted octanol–water partition coefficient (Wildman–Crippen LogP) is 9.84. The third-order valence-electron chi connectivity index (χ3n) is 16.5. The van der Waals surface area contributed by atoms with E-state index in [4.69, 9.17) is 42.6 Å². The molecule has 0 N–H and O–H groups in total. The van der Waals surface area contributed by atoms with Crippen molar-refractivity contribution < 1.29 is 71.4 Å². The van der Waals surface area contributed by atoms with Crippen LogP contribution >= 0.6 is 0 Å². The summed E-state index contributed by atoms with van der Waals surface area (Å²) in [4.78, 5) is 84.8. The molecule has 84 heavy (non-hydrogen) atoms. The fourth-order valence-corrected chi connectivity index (χ4v) is 13.5. The maximum Gasteiger partial charge on any atom is 0.338 e. The van der Waals surface area contributed by atoms with E-state index in [9.17, 15) is 28.8 Å². The second-order valence-electron chi connectivity index (χ2n) is 26.8. The Balaban J connectivity index is 1.17. The summed E-state index contributed by atoms with van der Waals surface area (Å²) < 4.78 is 55.7. The molecule has 0 saturated carbocycles. The molecule has 3 heterocycles. The van der Waals surface area contributed by atoms with Gasteiger partial charge in [-0.15, -0.1) is 0 Å². The van der Waals surface area contributed by atoms with Gasteiger partial charge in [-0.25, -0.2) is 14.4 Å². The van der Waals surface area contributed by atoms with Gasteiger partial charge in [0.25, 0.3) is 0 Å². The molecule has 0 spiro atoms. The van der Waals surface area contributed by atoms with Crippen LogP contribution in [0.2, 0.25) is 0 Å². The number of ether oxygens (including phenoxy) is 9. The zero-order chi connectivity index (χ0) is 61.8. The summed E-state index contributed by atoms with van der Waals surface area (Å²) in [5.41, 5.74) is -1.55. The van der Waals surface area contributed by atoms with Gasteiger partial charge in [0.1, 0.15) is 42.7 Å². The van der Waals surface area contributed by atoms with E-state index in [0.717, 1.165) is 0 Å². The fourth-order valence-electron chi connectivity index (χ4n) is 13.5. The first kappa shape index (κ1) is 67.4. The van der Waals surface area contributed by atoms with Crippen molar-refractivity contribution in [2.45, 2.75) is 218 Å². The summed E-state index contributed by atoms with van der Waals surface area (Å²) in [7, 11) is 0. The van der Waals surface area contributed by atoms with Gasteiger partial charge in [0.05, 0.1) is 49.7 Å². The minimum absolute atomic E-state index is 0.00901. The molecule has 3 atom stereocenters. The van der Waals surface area contributed by atoms with Crippen LogP contribution < -0.4 is 0 Å². The van der Waals surface area contributed by atoms with Gasteiger partial charge in [-0.3, -0.25) is 29.1 Å². The molecule has 0 aliphatic carbocycles. The molecule has 3 fully saturated rings. The molecule has 3 aromatic carbocycles. The van der Waals surface area contributed by atoms with Gasteiger partial charge in [0.2, 0.25) is 0 Å². The molecule has 3 saturated heterocycles. The number of piperidine rings is 3. The van der Waals surface area contributed by atoms with Gasteiger partial charge >= 0.3 is 35.8 Å². The largest absolute Gasteiger partial charge is 0.459 e. The molecule has 0 bridgehead atoms. The SMILES string of the molecule is CC(=O)OC(COCC(COCC(CN1C(C)(C)CC(OC(=O)c2ccccc2)CC1(C)C)OC(C)=O)OCC(CN1C(C)(C)CC(OC(=O)c2ccccc2)CC1(C)C)OC(C)=O)CN1C(C)(C)CC(OC(=O)c2ccccc2)CC1(C)C. The zero-order valence-corrected chi connectivity index (χ0v) is 52.6. The van der Waals surface area contributed by atoms with Gasteiger partial charge in [0.15, 0.2) is 0 Å². The number of esters is 6. The van der Waals surface area contributed by atoms with Crippen LogP contribution in [-0.2, 0) is 57.0 Å². The van der Waals surface area contributed by atoms with Crippen LogP contribution in [0.25, 0.3) is 0 Å². The van der Waals surface area contributed by atoms with Gasteiger partial charge in [-0.1, -0.05) is 54.6 Å². The van der Waals surface area contributed by atoms with Crippen molar-refractivity contribution >= 4 is 35.8 Å². The molecule has 0 aromatic heterocycles. The van der Waals surface area contributed by atoms with Crippen LogP contribution in [0.5, 0.6) is 0 Å². The first-order valence-electron chi connectivity index (χ1n) is 29.7. The highest BCUT2D eigenvalue weighted by Crippen LogP contribution is 2.43. The summed E-state index contributed by atoms with van der Waals surface area (Å²) in [5.74, 6) is -2.58. The highest BCUT2D eigenvalue weighted by molar-refractivity contribution is 5.90. The lowest BCUT2D eigenvalue weighted by Crippen LogP contribution is -2.64. The number of likely N-dealkylation sites (tertiary alicyclic amines) is 3. The smallest absolute Gasteiger partial charge is 0.338 e. The number of nitrogens with zero attached hydrogens (tertiary/aromatic N) is 3. The maximum absolute atomic E-state index is 13.2. The number of benzene rings is 3. The minimum Gasteiger partial charge on any atom is -0.459 e. The van der Waals surface area contributed by atoms with Crippen molar-refractivity contribution in [1.82, 2.24) is 14.7 Å². The Bertz CT molecular complexity index is 2480. The molecule has 18 heteroatoms. The number of carbonyl (C=O) groups excluding carboxylic acids is 6. The standard InChI is InChI=1S/C66H95N3O15/c1-45(70)79-54(37-67-61(4,5)31-51(32-62(67,6)7)82-58(73)48-25-19-16-20-26-48)40-76-42-57(78-44-56(81-47(3)72)39-69-65(12,13)35-53(36-66(69,14)15)84-60(75)50-29-23-18-24-30-50)43-77-41-55(80-46(2)71)38-68-63(8,9)33-52(34-64(68,10)11)83-59(74)49-27-21-17-22-28-49/h16-30,51-57H,31-44H2,1-15H3. The van der Waals surface area contributed by atoms with Crippen LogP contribution in [0.4, 0.5) is 0 Å². The van der Waals surface area contributed by atoms with Crippen LogP contribution in [-0.4, -0.2) is 179 Å². The average Bonchev–Trinajstić information content (AvgIpc) is 1.07. The van der Waals surface area contributed by atoms with Crippen molar-refractivity contribution in [2.24, 2.45) is 0 Å². The Labute approximate surface area is 498 Å². The normalized spacial score (nSPS) is 21.2.